The van der Waals surface area contributed by atoms with E-state index >= 15 is 0 Å². The molecule has 0 N–H and O–H groups in total. The summed E-state index contributed by atoms with van der Waals surface area (Å²) in [6, 6.07) is 2.67. The second-order valence-corrected chi connectivity index (χ2v) is 4.68. The molecule has 70 valence electrons. The Bertz CT molecular complexity index is 164. The maximum atomic E-state index is 2.75. The molecule has 1 aliphatic heterocycles. The van der Waals surface area contributed by atoms with Crippen molar-refractivity contribution in [3.63, 3.8) is 0 Å². The summed E-state index contributed by atoms with van der Waals surface area (Å²) in [5.41, 5.74) is 0. The molecule has 1 heterocycles. The average Bonchev–Trinajstić information content (AvgIpc) is 2.34. The third kappa shape index (κ3) is 1.02. The van der Waals surface area contributed by atoms with Crippen LogP contribution in [0.2, 0.25) is 0 Å². The van der Waals surface area contributed by atoms with Gasteiger partial charge in [-0.3, -0.25) is 4.90 Å². The van der Waals surface area contributed by atoms with Gasteiger partial charge < -0.3 is 0 Å². The minimum Gasteiger partial charge on any atom is -0.294 e. The van der Waals surface area contributed by atoms with Crippen LogP contribution in [0.1, 0.15) is 46.5 Å². The van der Waals surface area contributed by atoms with E-state index in [1.807, 2.05) is 0 Å². The minimum absolute atomic E-state index is 0.772. The Morgan fingerprint density at radius 2 is 2.08 bits per heavy atom. The highest BCUT2D eigenvalue weighted by Gasteiger charge is 2.49. The molecule has 2 fully saturated rings. The number of nitrogens with zero attached hydrogens (tertiary/aromatic N) is 1. The lowest BCUT2D eigenvalue weighted by Gasteiger charge is -2.55. The molecule has 0 bridgehead atoms. The summed E-state index contributed by atoms with van der Waals surface area (Å²) in [6.07, 6.45) is 5.82. The van der Waals surface area contributed by atoms with E-state index in [1.165, 1.54) is 25.7 Å². The average molecular weight is 167 g/mol. The van der Waals surface area contributed by atoms with Crippen LogP contribution < -0.4 is 0 Å². The van der Waals surface area contributed by atoms with Gasteiger partial charge in [-0.15, -0.1) is 0 Å². The first-order valence-corrected chi connectivity index (χ1v) is 5.53. The molecule has 0 aromatic carbocycles. The van der Waals surface area contributed by atoms with E-state index in [4.69, 9.17) is 0 Å². The molecule has 2 aliphatic rings. The fraction of sp³-hybridized carbons (Fsp3) is 1.00. The summed E-state index contributed by atoms with van der Waals surface area (Å²) in [7, 11) is 0. The Balaban J connectivity index is 2.04. The molecule has 3 unspecified atom stereocenters. The van der Waals surface area contributed by atoms with Crippen LogP contribution in [0.4, 0.5) is 0 Å². The quantitative estimate of drug-likeness (QED) is 0.611. The van der Waals surface area contributed by atoms with E-state index in [0.29, 0.717) is 0 Å². The molecular formula is C11H21N. The van der Waals surface area contributed by atoms with Crippen LogP contribution in [-0.2, 0) is 0 Å². The van der Waals surface area contributed by atoms with Crippen molar-refractivity contribution in [1.29, 1.82) is 0 Å². The topological polar surface area (TPSA) is 3.24 Å². The second-order valence-electron chi connectivity index (χ2n) is 4.68. The predicted octanol–water partition coefficient (Wildman–Crippen LogP) is 2.66. The van der Waals surface area contributed by atoms with E-state index in [0.717, 1.165) is 24.0 Å². The lowest BCUT2D eigenvalue weighted by atomic mass is 9.79. The van der Waals surface area contributed by atoms with Gasteiger partial charge in [0.05, 0.1) is 0 Å². The highest BCUT2D eigenvalue weighted by atomic mass is 15.3. The lowest BCUT2D eigenvalue weighted by molar-refractivity contribution is -0.0627. The van der Waals surface area contributed by atoms with Crippen LogP contribution in [0.15, 0.2) is 0 Å². The van der Waals surface area contributed by atoms with Crippen LogP contribution in [-0.4, -0.2) is 23.0 Å². The Labute approximate surface area is 76.1 Å². The predicted molar refractivity (Wildman–Crippen MR) is 52.2 cm³/mol. The van der Waals surface area contributed by atoms with Crippen LogP contribution in [0.5, 0.6) is 0 Å². The first-order valence-electron chi connectivity index (χ1n) is 5.53. The molecular weight excluding hydrogens is 146 g/mol. The van der Waals surface area contributed by atoms with Gasteiger partial charge in [0, 0.05) is 18.1 Å². The summed E-state index contributed by atoms with van der Waals surface area (Å²) in [6.45, 7) is 7.03. The summed E-state index contributed by atoms with van der Waals surface area (Å²) in [5, 5.41) is 0. The van der Waals surface area contributed by atoms with E-state index in [1.54, 1.807) is 0 Å². The molecule has 1 saturated heterocycles. The van der Waals surface area contributed by atoms with Gasteiger partial charge in [0.25, 0.3) is 0 Å². The van der Waals surface area contributed by atoms with E-state index in [9.17, 15) is 0 Å². The van der Waals surface area contributed by atoms with Crippen molar-refractivity contribution in [3.8, 4) is 0 Å². The molecule has 1 nitrogen and oxygen atoms in total. The maximum Gasteiger partial charge on any atom is 0.0144 e. The highest BCUT2D eigenvalue weighted by Crippen LogP contribution is 2.46. The fourth-order valence-electron chi connectivity index (χ4n) is 3.43. The van der Waals surface area contributed by atoms with Gasteiger partial charge in [-0.25, -0.2) is 0 Å². The number of likely N-dealkylation sites (tertiary alicyclic amines) is 1. The lowest BCUT2D eigenvalue weighted by Crippen LogP contribution is -2.63. The Hall–Kier alpha value is -0.0400. The number of hydrogen-bond acceptors (Lipinski definition) is 1. The van der Waals surface area contributed by atoms with Gasteiger partial charge in [-0.05, 0) is 39.0 Å². The van der Waals surface area contributed by atoms with Crippen molar-refractivity contribution in [2.45, 2.75) is 64.6 Å². The van der Waals surface area contributed by atoms with E-state index in [-0.39, 0.29) is 0 Å². The van der Waals surface area contributed by atoms with E-state index < -0.39 is 0 Å². The molecule has 0 amide bonds. The standard InChI is InChI=1S/C11H21N/c1-4-10-9-6-5-7-11(9)12(10)8(2)3/h8-11H,4-7H2,1-3H3. The van der Waals surface area contributed by atoms with Gasteiger partial charge in [0.15, 0.2) is 0 Å². The first-order chi connectivity index (χ1) is 5.75. The molecule has 0 spiro atoms. The number of hydrogen-bond donors (Lipinski definition) is 0. The van der Waals surface area contributed by atoms with Crippen molar-refractivity contribution in [1.82, 2.24) is 4.90 Å². The van der Waals surface area contributed by atoms with E-state index in [2.05, 4.69) is 25.7 Å². The zero-order valence-corrected chi connectivity index (χ0v) is 8.59. The fourth-order valence-corrected chi connectivity index (χ4v) is 3.43. The molecule has 0 aromatic heterocycles. The molecule has 0 radical (unpaired) electrons. The largest absolute Gasteiger partial charge is 0.294 e. The van der Waals surface area contributed by atoms with Crippen molar-refractivity contribution >= 4 is 0 Å². The third-order valence-corrected chi connectivity index (χ3v) is 3.81. The Morgan fingerprint density at radius 3 is 2.67 bits per heavy atom. The van der Waals surface area contributed by atoms with Gasteiger partial charge in [0.1, 0.15) is 0 Å². The summed E-state index contributed by atoms with van der Waals surface area (Å²) in [4.78, 5) is 2.75. The highest BCUT2D eigenvalue weighted by molar-refractivity contribution is 5.04. The smallest absolute Gasteiger partial charge is 0.0144 e. The van der Waals surface area contributed by atoms with Crippen LogP contribution in [0.25, 0.3) is 0 Å². The molecule has 1 aliphatic carbocycles. The molecule has 3 atom stereocenters. The molecule has 1 saturated carbocycles. The zero-order valence-electron chi connectivity index (χ0n) is 8.59. The van der Waals surface area contributed by atoms with Crippen molar-refractivity contribution < 1.29 is 0 Å². The molecule has 0 aromatic rings. The summed E-state index contributed by atoms with van der Waals surface area (Å²) < 4.78 is 0. The third-order valence-electron chi connectivity index (χ3n) is 3.81. The van der Waals surface area contributed by atoms with Gasteiger partial charge in [0.2, 0.25) is 0 Å². The van der Waals surface area contributed by atoms with Crippen molar-refractivity contribution in [2.24, 2.45) is 5.92 Å². The first kappa shape index (κ1) is 8.55. The molecule has 1 heteroatoms. The SMILES string of the molecule is CCC1C2CCCC2N1C(C)C. The minimum atomic E-state index is 0.772. The van der Waals surface area contributed by atoms with Gasteiger partial charge in [-0.1, -0.05) is 13.3 Å². The maximum absolute atomic E-state index is 2.75. The summed E-state index contributed by atoms with van der Waals surface area (Å²) in [5.74, 6) is 1.07. The summed E-state index contributed by atoms with van der Waals surface area (Å²) >= 11 is 0. The van der Waals surface area contributed by atoms with Crippen LogP contribution in [0.3, 0.4) is 0 Å². The van der Waals surface area contributed by atoms with Gasteiger partial charge >= 0.3 is 0 Å². The van der Waals surface area contributed by atoms with Crippen LogP contribution >= 0.6 is 0 Å². The molecule has 2 rings (SSSR count). The Kier molecular flexibility index (Phi) is 2.16. The normalized spacial score (nSPS) is 41.5. The number of fused-ring (bicyclic) bond motifs is 1. The second kappa shape index (κ2) is 3.02. The Morgan fingerprint density at radius 1 is 1.33 bits per heavy atom. The number of rotatable bonds is 2. The van der Waals surface area contributed by atoms with Crippen molar-refractivity contribution in [2.75, 3.05) is 0 Å². The zero-order chi connectivity index (χ0) is 8.72. The monoisotopic (exact) mass is 167 g/mol. The molecule has 12 heavy (non-hydrogen) atoms. The van der Waals surface area contributed by atoms with Crippen LogP contribution in [0, 0.1) is 5.92 Å². The van der Waals surface area contributed by atoms with Crippen molar-refractivity contribution in [3.05, 3.63) is 0 Å². The van der Waals surface area contributed by atoms with Gasteiger partial charge in [-0.2, -0.15) is 0 Å².